The van der Waals surface area contributed by atoms with Gasteiger partial charge in [-0.3, -0.25) is 14.9 Å². The molecule has 1 amide bonds. The Kier molecular flexibility index (Phi) is 3.69. The van der Waals surface area contributed by atoms with E-state index in [1.807, 2.05) is 0 Å². The number of hydrogen-bond acceptors (Lipinski definition) is 4. The molecule has 1 aromatic rings. The molecule has 2 atom stereocenters. The fraction of sp³-hybridized carbons (Fsp3) is 0.462. The van der Waals surface area contributed by atoms with Gasteiger partial charge in [-0.25, -0.2) is 0 Å². The smallest absolute Gasteiger partial charge is 0.292 e. The van der Waals surface area contributed by atoms with E-state index in [0.29, 0.717) is 29.6 Å². The first-order chi connectivity index (χ1) is 9.02. The van der Waals surface area contributed by atoms with Crippen molar-refractivity contribution in [3.63, 3.8) is 0 Å². The van der Waals surface area contributed by atoms with Gasteiger partial charge < -0.3 is 10.6 Å². The van der Waals surface area contributed by atoms with Gasteiger partial charge in [-0.1, -0.05) is 6.92 Å². The number of nitro groups is 1. The summed E-state index contributed by atoms with van der Waals surface area (Å²) < 4.78 is 0. The van der Waals surface area contributed by atoms with E-state index in [0.717, 1.165) is 6.42 Å². The minimum atomic E-state index is -0.438. The Hall–Kier alpha value is -2.11. The molecule has 2 N–H and O–H groups in total. The Morgan fingerprint density at radius 1 is 1.53 bits per heavy atom. The van der Waals surface area contributed by atoms with E-state index in [4.69, 9.17) is 0 Å². The number of benzene rings is 1. The van der Waals surface area contributed by atoms with Crippen LogP contribution >= 0.6 is 0 Å². The lowest BCUT2D eigenvalue weighted by Crippen LogP contribution is -2.18. The topological polar surface area (TPSA) is 84.3 Å². The number of hydrogen-bond donors (Lipinski definition) is 2. The van der Waals surface area contributed by atoms with E-state index in [1.165, 1.54) is 25.2 Å². The Labute approximate surface area is 111 Å². The molecule has 0 bridgehead atoms. The molecule has 1 aromatic carbocycles. The van der Waals surface area contributed by atoms with Gasteiger partial charge in [-0.2, -0.15) is 0 Å². The Morgan fingerprint density at radius 2 is 2.21 bits per heavy atom. The standard InChI is InChI=1S/C13H17N3O3/c1-8-5-10(8)7-15-11-6-9(13(17)14-2)3-4-12(11)16(18)19/h3-4,6,8,10,15H,5,7H2,1-2H3,(H,14,17). The summed E-state index contributed by atoms with van der Waals surface area (Å²) in [7, 11) is 1.53. The lowest BCUT2D eigenvalue weighted by molar-refractivity contribution is -0.384. The van der Waals surface area contributed by atoms with Crippen LogP contribution < -0.4 is 10.6 Å². The van der Waals surface area contributed by atoms with Crippen molar-refractivity contribution in [2.75, 3.05) is 18.9 Å². The SMILES string of the molecule is CNC(=O)c1ccc([N+](=O)[O-])c(NCC2CC2C)c1. The third-order valence-electron chi connectivity index (χ3n) is 3.51. The summed E-state index contributed by atoms with van der Waals surface area (Å²) in [6.45, 7) is 2.86. The molecule has 102 valence electrons. The molecule has 0 saturated heterocycles. The first-order valence-electron chi connectivity index (χ1n) is 6.27. The van der Waals surface area contributed by atoms with Crippen LogP contribution in [0, 0.1) is 22.0 Å². The van der Waals surface area contributed by atoms with E-state index in [-0.39, 0.29) is 11.6 Å². The summed E-state index contributed by atoms with van der Waals surface area (Å²) in [5.74, 6) is 0.995. The van der Waals surface area contributed by atoms with Crippen LogP contribution in [0.2, 0.25) is 0 Å². The van der Waals surface area contributed by atoms with Crippen molar-refractivity contribution in [3.05, 3.63) is 33.9 Å². The average Bonchev–Trinajstić information content (AvgIpc) is 3.10. The van der Waals surface area contributed by atoms with Crippen LogP contribution in [-0.4, -0.2) is 24.4 Å². The third-order valence-corrected chi connectivity index (χ3v) is 3.51. The van der Waals surface area contributed by atoms with Crippen LogP contribution in [-0.2, 0) is 0 Å². The fourth-order valence-corrected chi connectivity index (χ4v) is 2.05. The Morgan fingerprint density at radius 3 is 2.74 bits per heavy atom. The van der Waals surface area contributed by atoms with E-state index in [9.17, 15) is 14.9 Å². The van der Waals surface area contributed by atoms with Crippen molar-refractivity contribution in [2.24, 2.45) is 11.8 Å². The molecule has 0 spiro atoms. The summed E-state index contributed by atoms with van der Waals surface area (Å²) in [6.07, 6.45) is 1.15. The van der Waals surface area contributed by atoms with Crippen molar-refractivity contribution in [3.8, 4) is 0 Å². The van der Waals surface area contributed by atoms with Gasteiger partial charge in [0, 0.05) is 25.2 Å². The maximum Gasteiger partial charge on any atom is 0.292 e. The number of carbonyl (C=O) groups excluding carboxylic acids is 1. The van der Waals surface area contributed by atoms with Gasteiger partial charge in [0.2, 0.25) is 0 Å². The van der Waals surface area contributed by atoms with Gasteiger partial charge in [0.15, 0.2) is 0 Å². The highest BCUT2D eigenvalue weighted by molar-refractivity contribution is 5.95. The van der Waals surface area contributed by atoms with Crippen molar-refractivity contribution in [1.82, 2.24) is 5.32 Å². The molecule has 0 aromatic heterocycles. The van der Waals surface area contributed by atoms with Crippen molar-refractivity contribution in [1.29, 1.82) is 0 Å². The quantitative estimate of drug-likeness (QED) is 0.628. The van der Waals surface area contributed by atoms with Gasteiger partial charge >= 0.3 is 0 Å². The molecule has 2 rings (SSSR count). The van der Waals surface area contributed by atoms with E-state index >= 15 is 0 Å². The van der Waals surface area contributed by atoms with Crippen LogP contribution in [0.5, 0.6) is 0 Å². The molecular weight excluding hydrogens is 246 g/mol. The minimum absolute atomic E-state index is 0.000885. The maximum atomic E-state index is 11.5. The van der Waals surface area contributed by atoms with Gasteiger partial charge in [0.25, 0.3) is 11.6 Å². The van der Waals surface area contributed by atoms with E-state index in [2.05, 4.69) is 17.6 Å². The normalized spacial score (nSPS) is 20.7. The summed E-state index contributed by atoms with van der Waals surface area (Å²) >= 11 is 0. The number of nitro benzene ring substituents is 1. The van der Waals surface area contributed by atoms with Gasteiger partial charge in [-0.15, -0.1) is 0 Å². The van der Waals surface area contributed by atoms with Gasteiger partial charge in [-0.05, 0) is 30.4 Å². The van der Waals surface area contributed by atoms with Crippen molar-refractivity contribution < 1.29 is 9.72 Å². The second-order valence-electron chi connectivity index (χ2n) is 4.92. The van der Waals surface area contributed by atoms with Crippen molar-refractivity contribution in [2.45, 2.75) is 13.3 Å². The lowest BCUT2D eigenvalue weighted by atomic mass is 10.1. The van der Waals surface area contributed by atoms with Crippen LogP contribution in [0.1, 0.15) is 23.7 Å². The number of rotatable bonds is 5. The Bertz CT molecular complexity index is 516. The lowest BCUT2D eigenvalue weighted by Gasteiger charge is -2.08. The molecule has 0 aliphatic heterocycles. The molecule has 1 aliphatic rings. The van der Waals surface area contributed by atoms with Crippen molar-refractivity contribution >= 4 is 17.3 Å². The van der Waals surface area contributed by atoms with Crippen LogP contribution in [0.4, 0.5) is 11.4 Å². The number of anilines is 1. The molecule has 1 fully saturated rings. The summed E-state index contributed by atoms with van der Waals surface area (Å²) in [6, 6.07) is 4.36. The van der Waals surface area contributed by atoms with Gasteiger partial charge in [0.1, 0.15) is 5.69 Å². The zero-order valence-corrected chi connectivity index (χ0v) is 11.0. The Balaban J connectivity index is 2.20. The predicted octanol–water partition coefficient (Wildman–Crippen LogP) is 2.02. The predicted molar refractivity (Wildman–Crippen MR) is 72.2 cm³/mol. The number of nitrogens with one attached hydrogen (secondary N) is 2. The molecule has 6 heteroatoms. The zero-order chi connectivity index (χ0) is 14.0. The molecular formula is C13H17N3O3. The minimum Gasteiger partial charge on any atom is -0.379 e. The second kappa shape index (κ2) is 5.26. The molecule has 0 radical (unpaired) electrons. The molecule has 2 unspecified atom stereocenters. The largest absolute Gasteiger partial charge is 0.379 e. The van der Waals surface area contributed by atoms with E-state index < -0.39 is 4.92 Å². The summed E-state index contributed by atoms with van der Waals surface area (Å²) in [4.78, 5) is 22.1. The number of amides is 1. The summed E-state index contributed by atoms with van der Waals surface area (Å²) in [5, 5.41) is 16.6. The molecule has 1 saturated carbocycles. The number of carbonyl (C=O) groups is 1. The van der Waals surface area contributed by atoms with Crippen LogP contribution in [0.25, 0.3) is 0 Å². The van der Waals surface area contributed by atoms with Crippen LogP contribution in [0.15, 0.2) is 18.2 Å². The molecule has 0 heterocycles. The highest BCUT2D eigenvalue weighted by atomic mass is 16.6. The maximum absolute atomic E-state index is 11.5. The fourth-order valence-electron chi connectivity index (χ4n) is 2.05. The highest BCUT2D eigenvalue weighted by Gasteiger charge is 2.32. The van der Waals surface area contributed by atoms with Crippen LogP contribution in [0.3, 0.4) is 0 Å². The third kappa shape index (κ3) is 3.01. The molecule has 1 aliphatic carbocycles. The molecule has 6 nitrogen and oxygen atoms in total. The monoisotopic (exact) mass is 263 g/mol. The molecule has 19 heavy (non-hydrogen) atoms. The second-order valence-corrected chi connectivity index (χ2v) is 4.92. The van der Waals surface area contributed by atoms with E-state index in [1.54, 1.807) is 0 Å². The first-order valence-corrected chi connectivity index (χ1v) is 6.27. The summed E-state index contributed by atoms with van der Waals surface area (Å²) in [5.41, 5.74) is 0.825. The highest BCUT2D eigenvalue weighted by Crippen LogP contribution is 2.38. The van der Waals surface area contributed by atoms with Gasteiger partial charge in [0.05, 0.1) is 4.92 Å². The zero-order valence-electron chi connectivity index (χ0n) is 11.0. The first kappa shape index (κ1) is 13.3. The number of nitrogens with zero attached hydrogens (tertiary/aromatic N) is 1. The average molecular weight is 263 g/mol.